The van der Waals surface area contributed by atoms with E-state index in [1.54, 1.807) is 6.33 Å². The zero-order chi connectivity index (χ0) is 34.7. The fourth-order valence-corrected chi connectivity index (χ4v) is 9.72. The number of hydrogen-bond acceptors (Lipinski definition) is 5. The third-order valence-electron chi connectivity index (χ3n) is 9.40. The first kappa shape index (κ1) is 39.7. The van der Waals surface area contributed by atoms with Gasteiger partial charge >= 0.3 is 0 Å². The number of ketones is 1. The van der Waals surface area contributed by atoms with Crippen molar-refractivity contribution in [3.63, 3.8) is 0 Å². The van der Waals surface area contributed by atoms with Crippen LogP contribution in [0.5, 0.6) is 0 Å². The first-order valence-electron chi connectivity index (χ1n) is 17.2. The number of carbonyl (C=O) groups excluding carboxylic acids is 1. The molecule has 5 rings (SSSR count). The van der Waals surface area contributed by atoms with Crippen molar-refractivity contribution in [1.29, 1.82) is 0 Å². The van der Waals surface area contributed by atoms with Gasteiger partial charge in [0, 0.05) is 58.5 Å². The van der Waals surface area contributed by atoms with Crippen LogP contribution in [0.3, 0.4) is 0 Å². The van der Waals surface area contributed by atoms with Gasteiger partial charge in [-0.2, -0.15) is 0 Å². The summed E-state index contributed by atoms with van der Waals surface area (Å²) in [5.74, 6) is 0.547. The van der Waals surface area contributed by atoms with Gasteiger partial charge in [0.25, 0.3) is 0 Å². The van der Waals surface area contributed by atoms with Crippen molar-refractivity contribution in [2.75, 3.05) is 0 Å². The number of aromatic nitrogens is 2. The van der Waals surface area contributed by atoms with Crippen LogP contribution in [0.4, 0.5) is 0 Å². The fourth-order valence-electron chi connectivity index (χ4n) is 6.54. The summed E-state index contributed by atoms with van der Waals surface area (Å²) < 4.78 is 2.50. The van der Waals surface area contributed by atoms with Crippen molar-refractivity contribution in [2.45, 2.75) is 106 Å². The minimum atomic E-state index is -1.42. The number of nitrogens with zero attached hydrogens (tertiary/aromatic N) is 2. The molecule has 0 atom stereocenters. The van der Waals surface area contributed by atoms with E-state index in [4.69, 9.17) is 9.97 Å². The van der Waals surface area contributed by atoms with Crippen LogP contribution < -0.4 is 5.19 Å². The zero-order valence-corrected chi connectivity index (χ0v) is 34.9. The SMILES string of the molecule is CCC(CC)C(=O)/C=C(\O)C(CC)CC.Cc1c([Si](C)(C)C)ccc2c1sc1c(-c3[c-]c4ccccc4c(C(C)(C)C)c3)ncnc12.[Ir]. The molecule has 4 nitrogen and oxygen atoms in total. The number of allylic oxidation sites excluding steroid dienone is 2. The molecule has 7 heteroatoms. The van der Waals surface area contributed by atoms with Crippen molar-refractivity contribution < 1.29 is 30.0 Å². The Labute approximate surface area is 306 Å². The number of rotatable bonds is 9. The molecular formula is C41H53IrN2O2SSi-. The average Bonchev–Trinajstić information content (AvgIpc) is 3.41. The Hall–Kier alpha value is -2.70. The molecule has 0 aliphatic rings. The molecule has 5 aromatic rings. The fraction of sp³-hybridized carbons (Fsp3) is 0.439. The summed E-state index contributed by atoms with van der Waals surface area (Å²) in [5, 5.41) is 14.9. The van der Waals surface area contributed by atoms with E-state index < -0.39 is 8.07 Å². The Morgan fingerprint density at radius 1 is 0.917 bits per heavy atom. The second-order valence-electron chi connectivity index (χ2n) is 14.8. The molecule has 259 valence electrons. The van der Waals surface area contributed by atoms with Crippen LogP contribution in [0.15, 0.2) is 60.6 Å². The van der Waals surface area contributed by atoms with Gasteiger partial charge in [-0.1, -0.05) is 115 Å². The first-order valence-corrected chi connectivity index (χ1v) is 21.5. The Balaban J connectivity index is 0.000000334. The third kappa shape index (κ3) is 8.53. The van der Waals surface area contributed by atoms with Gasteiger partial charge in [-0.05, 0) is 43.6 Å². The van der Waals surface area contributed by atoms with Crippen LogP contribution in [0.25, 0.3) is 42.3 Å². The summed E-state index contributed by atoms with van der Waals surface area (Å²) in [6.07, 6.45) is 6.62. The van der Waals surface area contributed by atoms with E-state index in [2.05, 4.69) is 95.9 Å². The van der Waals surface area contributed by atoms with Crippen molar-refractivity contribution >= 4 is 61.5 Å². The summed E-state index contributed by atoms with van der Waals surface area (Å²) in [6, 6.07) is 19.1. The van der Waals surface area contributed by atoms with E-state index in [1.165, 1.54) is 37.9 Å². The van der Waals surface area contributed by atoms with E-state index >= 15 is 0 Å². The number of benzene rings is 3. The molecule has 0 spiro atoms. The molecule has 0 unspecified atom stereocenters. The molecule has 0 amide bonds. The Bertz CT molecular complexity index is 1910. The normalized spacial score (nSPS) is 12.5. The van der Waals surface area contributed by atoms with Crippen LogP contribution in [-0.4, -0.2) is 28.9 Å². The van der Waals surface area contributed by atoms with Gasteiger partial charge in [-0.3, -0.25) is 9.78 Å². The van der Waals surface area contributed by atoms with Crippen LogP contribution >= 0.6 is 11.3 Å². The number of hydrogen-bond donors (Lipinski definition) is 1. The largest absolute Gasteiger partial charge is 0.512 e. The monoisotopic (exact) mass is 858 g/mol. The van der Waals surface area contributed by atoms with Crippen molar-refractivity contribution in [1.82, 2.24) is 9.97 Å². The summed E-state index contributed by atoms with van der Waals surface area (Å²) >= 11 is 1.84. The summed E-state index contributed by atoms with van der Waals surface area (Å²) in [6.45, 7) is 24.4. The van der Waals surface area contributed by atoms with Crippen LogP contribution in [0, 0.1) is 24.8 Å². The second-order valence-corrected chi connectivity index (χ2v) is 20.8. The Morgan fingerprint density at radius 2 is 1.54 bits per heavy atom. The predicted octanol–water partition coefficient (Wildman–Crippen LogP) is 11.5. The molecule has 3 aromatic carbocycles. The molecule has 2 aromatic heterocycles. The van der Waals surface area contributed by atoms with Gasteiger partial charge < -0.3 is 5.11 Å². The van der Waals surface area contributed by atoms with E-state index in [0.29, 0.717) is 0 Å². The Kier molecular flexibility index (Phi) is 13.5. The van der Waals surface area contributed by atoms with Crippen molar-refractivity contribution in [3.05, 3.63) is 77.8 Å². The van der Waals surface area contributed by atoms with Crippen LogP contribution in [0.1, 0.15) is 85.3 Å². The molecule has 0 aliphatic carbocycles. The molecule has 0 saturated heterocycles. The molecule has 0 fully saturated rings. The summed E-state index contributed by atoms with van der Waals surface area (Å²) in [4.78, 5) is 21.2. The van der Waals surface area contributed by atoms with E-state index in [9.17, 15) is 9.90 Å². The molecule has 0 bridgehead atoms. The molecule has 48 heavy (non-hydrogen) atoms. The standard InChI is InChI=1S/C28H29N2SSi.C13H24O2.Ir/c1-17-23(32(5,6)7)13-12-21-25-27(31-26(17)21)24(29-16-30-25)19-14-18-10-8-9-11-20(18)22(15-19)28(2,3)4;1-5-10(6-2)12(14)9-13(15)11(7-3)8-4;/h8-13,15-16H,1-7H3;9-11,14H,5-8H2,1-4H3;/q-1;;/b;12-9-;. The van der Waals surface area contributed by atoms with Gasteiger partial charge in [0.2, 0.25) is 0 Å². The molecular weight excluding hydrogens is 805 g/mol. The van der Waals surface area contributed by atoms with Crippen molar-refractivity contribution in [3.8, 4) is 11.3 Å². The molecule has 1 N–H and O–H groups in total. The first-order chi connectivity index (χ1) is 22.2. The van der Waals surface area contributed by atoms with Crippen LogP contribution in [-0.2, 0) is 30.3 Å². The number of aryl methyl sites for hydroxylation is 1. The number of fused-ring (bicyclic) bond motifs is 4. The molecule has 1 radical (unpaired) electrons. The summed E-state index contributed by atoms with van der Waals surface area (Å²) in [5.41, 5.74) is 5.86. The van der Waals surface area contributed by atoms with Gasteiger partial charge in [0.05, 0.1) is 19.3 Å². The zero-order valence-electron chi connectivity index (χ0n) is 30.7. The number of aliphatic hydroxyl groups is 1. The number of carbonyl (C=O) groups is 1. The van der Waals surface area contributed by atoms with Gasteiger partial charge in [0.1, 0.15) is 6.33 Å². The third-order valence-corrected chi connectivity index (χ3v) is 12.9. The molecule has 0 aliphatic heterocycles. The van der Waals surface area contributed by atoms with Crippen molar-refractivity contribution in [2.24, 2.45) is 11.8 Å². The van der Waals surface area contributed by atoms with E-state index in [1.807, 2.05) is 39.0 Å². The van der Waals surface area contributed by atoms with E-state index in [0.717, 1.165) is 52.5 Å². The number of aliphatic hydroxyl groups excluding tert-OH is 1. The smallest absolute Gasteiger partial charge is 0.162 e. The maximum absolute atomic E-state index is 11.7. The average molecular weight is 858 g/mol. The molecule has 0 saturated carbocycles. The Morgan fingerprint density at radius 3 is 2.12 bits per heavy atom. The predicted molar refractivity (Wildman–Crippen MR) is 207 cm³/mol. The molecule has 2 heterocycles. The summed E-state index contributed by atoms with van der Waals surface area (Å²) in [7, 11) is -1.42. The second kappa shape index (κ2) is 16.3. The number of thiophene rings is 1. The minimum absolute atomic E-state index is 0. The van der Waals surface area contributed by atoms with Crippen LogP contribution in [0.2, 0.25) is 19.6 Å². The quantitative estimate of drug-likeness (QED) is 0.0694. The van der Waals surface area contributed by atoms with Gasteiger partial charge in [0.15, 0.2) is 5.78 Å². The topological polar surface area (TPSA) is 63.1 Å². The van der Waals surface area contributed by atoms with E-state index in [-0.39, 0.29) is 48.9 Å². The maximum Gasteiger partial charge on any atom is 0.162 e. The minimum Gasteiger partial charge on any atom is -0.512 e. The maximum atomic E-state index is 11.7. The van der Waals surface area contributed by atoms with Gasteiger partial charge in [-0.25, -0.2) is 4.98 Å². The van der Waals surface area contributed by atoms with Gasteiger partial charge in [-0.15, -0.1) is 40.5 Å².